The molecule has 2 aromatic carbocycles. The second-order valence-corrected chi connectivity index (χ2v) is 4.76. The van der Waals surface area contributed by atoms with Gasteiger partial charge in [0.25, 0.3) is 5.69 Å². The molecule has 2 rings (SSSR count). The van der Waals surface area contributed by atoms with Crippen LogP contribution in [0.15, 0.2) is 42.5 Å². The standard InChI is InChI=1S/C14H11ClN2O6/c15-10-4-5-14(13(8-10)17(20)21)23-7-6-22-12-3-1-2-11(9-12)16(18)19/h1-5,8-9H,6-7H2. The number of halogens is 1. The Morgan fingerprint density at radius 1 is 0.957 bits per heavy atom. The first-order valence-electron chi connectivity index (χ1n) is 6.41. The number of nitro groups is 2. The molecule has 0 amide bonds. The van der Waals surface area contributed by atoms with Gasteiger partial charge in [0.15, 0.2) is 5.75 Å². The summed E-state index contributed by atoms with van der Waals surface area (Å²) >= 11 is 5.70. The molecule has 0 unspecified atom stereocenters. The molecule has 0 saturated heterocycles. The van der Waals surface area contributed by atoms with Crippen LogP contribution in [-0.4, -0.2) is 23.1 Å². The van der Waals surface area contributed by atoms with Crippen molar-refractivity contribution in [3.05, 3.63) is 67.7 Å². The number of benzene rings is 2. The lowest BCUT2D eigenvalue weighted by Crippen LogP contribution is -2.10. The summed E-state index contributed by atoms with van der Waals surface area (Å²) in [6, 6.07) is 9.76. The molecule has 0 fully saturated rings. The molecule has 0 aliphatic carbocycles. The van der Waals surface area contributed by atoms with E-state index in [0.717, 1.165) is 0 Å². The van der Waals surface area contributed by atoms with Crippen molar-refractivity contribution in [1.82, 2.24) is 0 Å². The third-order valence-corrected chi connectivity index (χ3v) is 2.99. The second kappa shape index (κ2) is 7.41. The maximum Gasteiger partial charge on any atom is 0.312 e. The number of rotatable bonds is 7. The highest BCUT2D eigenvalue weighted by Gasteiger charge is 2.15. The summed E-state index contributed by atoms with van der Waals surface area (Å²) in [5.41, 5.74) is -0.329. The molecule has 120 valence electrons. The van der Waals surface area contributed by atoms with Crippen molar-refractivity contribution in [2.75, 3.05) is 13.2 Å². The van der Waals surface area contributed by atoms with Crippen molar-refractivity contribution < 1.29 is 19.3 Å². The van der Waals surface area contributed by atoms with Crippen LogP contribution in [0, 0.1) is 20.2 Å². The van der Waals surface area contributed by atoms with E-state index < -0.39 is 9.85 Å². The topological polar surface area (TPSA) is 105 Å². The van der Waals surface area contributed by atoms with Crippen LogP contribution in [0.1, 0.15) is 0 Å². The summed E-state index contributed by atoms with van der Waals surface area (Å²) in [5.74, 6) is 0.385. The van der Waals surface area contributed by atoms with Gasteiger partial charge in [-0.3, -0.25) is 20.2 Å². The molecule has 0 spiro atoms. The maximum atomic E-state index is 10.9. The van der Waals surface area contributed by atoms with Gasteiger partial charge in [0, 0.05) is 17.2 Å². The minimum Gasteiger partial charge on any atom is -0.490 e. The van der Waals surface area contributed by atoms with Crippen LogP contribution in [-0.2, 0) is 0 Å². The molecule has 0 radical (unpaired) electrons. The molecule has 0 bridgehead atoms. The number of nitro benzene ring substituents is 2. The first-order chi connectivity index (χ1) is 11.0. The highest BCUT2D eigenvalue weighted by Crippen LogP contribution is 2.29. The van der Waals surface area contributed by atoms with Crippen LogP contribution in [0.4, 0.5) is 11.4 Å². The van der Waals surface area contributed by atoms with E-state index in [1.54, 1.807) is 6.07 Å². The van der Waals surface area contributed by atoms with E-state index >= 15 is 0 Å². The van der Waals surface area contributed by atoms with Gasteiger partial charge in [0.1, 0.15) is 19.0 Å². The van der Waals surface area contributed by atoms with Gasteiger partial charge in [-0.05, 0) is 18.2 Å². The average molecular weight is 339 g/mol. The van der Waals surface area contributed by atoms with E-state index in [4.69, 9.17) is 21.1 Å². The highest BCUT2D eigenvalue weighted by atomic mass is 35.5. The lowest BCUT2D eigenvalue weighted by Gasteiger charge is -2.08. The second-order valence-electron chi connectivity index (χ2n) is 4.32. The van der Waals surface area contributed by atoms with E-state index in [2.05, 4.69) is 0 Å². The van der Waals surface area contributed by atoms with Gasteiger partial charge < -0.3 is 9.47 Å². The summed E-state index contributed by atoms with van der Waals surface area (Å²) in [6.07, 6.45) is 0. The number of ether oxygens (including phenoxy) is 2. The summed E-state index contributed by atoms with van der Waals surface area (Å²) in [6.45, 7) is 0.103. The van der Waals surface area contributed by atoms with Crippen molar-refractivity contribution >= 4 is 23.0 Å². The molecule has 9 heteroatoms. The van der Waals surface area contributed by atoms with Crippen molar-refractivity contribution in [2.24, 2.45) is 0 Å². The van der Waals surface area contributed by atoms with Gasteiger partial charge in [0.05, 0.1) is 15.9 Å². The van der Waals surface area contributed by atoms with Crippen LogP contribution in [0.2, 0.25) is 5.02 Å². The number of hydrogen-bond donors (Lipinski definition) is 0. The quantitative estimate of drug-likeness (QED) is 0.434. The minimum atomic E-state index is -0.595. The summed E-state index contributed by atoms with van der Waals surface area (Å²) in [4.78, 5) is 20.4. The van der Waals surface area contributed by atoms with Crippen molar-refractivity contribution in [1.29, 1.82) is 0 Å². The van der Waals surface area contributed by atoms with E-state index in [1.165, 1.54) is 36.4 Å². The molecule has 23 heavy (non-hydrogen) atoms. The average Bonchev–Trinajstić information content (AvgIpc) is 2.52. The van der Waals surface area contributed by atoms with E-state index in [1.807, 2.05) is 0 Å². The first kappa shape index (κ1) is 16.5. The Kier molecular flexibility index (Phi) is 5.32. The Morgan fingerprint density at radius 3 is 2.39 bits per heavy atom. The Balaban J connectivity index is 1.92. The lowest BCUT2D eigenvalue weighted by atomic mass is 10.3. The van der Waals surface area contributed by atoms with Crippen LogP contribution >= 0.6 is 11.6 Å². The number of non-ortho nitro benzene ring substituents is 1. The molecule has 0 atom stereocenters. The summed E-state index contributed by atoms with van der Waals surface area (Å²) in [7, 11) is 0. The van der Waals surface area contributed by atoms with E-state index in [9.17, 15) is 20.2 Å². The predicted octanol–water partition coefficient (Wildman–Crippen LogP) is 3.61. The predicted molar refractivity (Wildman–Crippen MR) is 82.2 cm³/mol. The Morgan fingerprint density at radius 2 is 1.70 bits per heavy atom. The van der Waals surface area contributed by atoms with Crippen LogP contribution in [0.5, 0.6) is 11.5 Å². The van der Waals surface area contributed by atoms with Crippen molar-refractivity contribution in [2.45, 2.75) is 0 Å². The zero-order valence-corrected chi connectivity index (χ0v) is 12.4. The monoisotopic (exact) mass is 338 g/mol. The van der Waals surface area contributed by atoms with Gasteiger partial charge in [-0.1, -0.05) is 17.7 Å². The molecule has 2 aromatic rings. The van der Waals surface area contributed by atoms with Gasteiger partial charge in [0.2, 0.25) is 0 Å². The fraction of sp³-hybridized carbons (Fsp3) is 0.143. The molecular formula is C14H11ClN2O6. The molecular weight excluding hydrogens is 328 g/mol. The fourth-order valence-corrected chi connectivity index (χ4v) is 1.92. The maximum absolute atomic E-state index is 10.9. The fourth-order valence-electron chi connectivity index (χ4n) is 1.75. The Hall–Kier alpha value is -2.87. The highest BCUT2D eigenvalue weighted by molar-refractivity contribution is 6.30. The minimum absolute atomic E-state index is 0.0329. The van der Waals surface area contributed by atoms with Crippen molar-refractivity contribution in [3.63, 3.8) is 0 Å². The molecule has 0 N–H and O–H groups in total. The normalized spacial score (nSPS) is 10.1. The largest absolute Gasteiger partial charge is 0.490 e. The van der Waals surface area contributed by atoms with Crippen LogP contribution in [0.25, 0.3) is 0 Å². The van der Waals surface area contributed by atoms with Crippen LogP contribution < -0.4 is 9.47 Å². The van der Waals surface area contributed by atoms with Gasteiger partial charge in [-0.15, -0.1) is 0 Å². The van der Waals surface area contributed by atoms with Gasteiger partial charge in [-0.25, -0.2) is 0 Å². The zero-order valence-electron chi connectivity index (χ0n) is 11.7. The smallest absolute Gasteiger partial charge is 0.312 e. The lowest BCUT2D eigenvalue weighted by molar-refractivity contribution is -0.385. The molecule has 0 aliphatic heterocycles. The SMILES string of the molecule is O=[N+]([O-])c1cccc(OCCOc2ccc(Cl)cc2[N+](=O)[O-])c1. The molecule has 0 saturated carbocycles. The van der Waals surface area contributed by atoms with Gasteiger partial charge >= 0.3 is 5.69 Å². The molecule has 0 aliphatic rings. The van der Waals surface area contributed by atoms with Gasteiger partial charge in [-0.2, -0.15) is 0 Å². The molecule has 0 aromatic heterocycles. The number of hydrogen-bond acceptors (Lipinski definition) is 6. The first-order valence-corrected chi connectivity index (χ1v) is 6.79. The van der Waals surface area contributed by atoms with E-state index in [0.29, 0.717) is 5.75 Å². The Bertz CT molecular complexity index is 737. The molecule has 8 nitrogen and oxygen atoms in total. The third-order valence-electron chi connectivity index (χ3n) is 2.76. The van der Waals surface area contributed by atoms with E-state index in [-0.39, 0.29) is 35.4 Å². The summed E-state index contributed by atoms with van der Waals surface area (Å²) < 4.78 is 10.6. The third kappa shape index (κ3) is 4.55. The van der Waals surface area contributed by atoms with Crippen molar-refractivity contribution in [3.8, 4) is 11.5 Å². The zero-order chi connectivity index (χ0) is 16.8. The molecule has 0 heterocycles. The summed E-state index contributed by atoms with van der Waals surface area (Å²) in [5, 5.41) is 21.8. The van der Waals surface area contributed by atoms with Crippen LogP contribution in [0.3, 0.4) is 0 Å². The Labute approximate surface area is 135 Å². The number of nitrogens with zero attached hydrogens (tertiary/aromatic N) is 2.